The Kier molecular flexibility index (Phi) is 5.57. The summed E-state index contributed by atoms with van der Waals surface area (Å²) in [7, 11) is 1.43. The second kappa shape index (κ2) is 7.82. The Morgan fingerprint density at radius 3 is 2.38 bits per heavy atom. The van der Waals surface area contributed by atoms with Crippen LogP contribution in [-0.4, -0.2) is 35.9 Å². The van der Waals surface area contributed by atoms with Crippen molar-refractivity contribution in [3.63, 3.8) is 0 Å². The molecule has 6 nitrogen and oxygen atoms in total. The zero-order valence-corrected chi connectivity index (χ0v) is 12.9. The summed E-state index contributed by atoms with van der Waals surface area (Å²) >= 11 is 0. The van der Waals surface area contributed by atoms with Gasteiger partial charge in [-0.15, -0.1) is 0 Å². The summed E-state index contributed by atoms with van der Waals surface area (Å²) in [6.07, 6.45) is 3.37. The molecule has 0 bridgehead atoms. The number of hydrogen-bond donors (Lipinski definition) is 2. The second-order valence-corrected chi connectivity index (χ2v) is 4.82. The molecule has 0 unspecified atom stereocenters. The van der Waals surface area contributed by atoms with Gasteiger partial charge in [0.1, 0.15) is 17.1 Å². The molecule has 0 amide bonds. The van der Waals surface area contributed by atoms with E-state index in [9.17, 15) is 14.7 Å². The molecule has 2 N–H and O–H groups in total. The predicted molar refractivity (Wildman–Crippen MR) is 88.5 cm³/mol. The van der Waals surface area contributed by atoms with E-state index in [0.717, 1.165) is 5.56 Å². The molecule has 0 aliphatic heterocycles. The summed E-state index contributed by atoms with van der Waals surface area (Å²) in [5.74, 6) is -2.11. The van der Waals surface area contributed by atoms with Crippen molar-refractivity contribution >= 4 is 24.1 Å². The fraction of sp³-hybridized carbons (Fsp3) is 0.111. The summed E-state index contributed by atoms with van der Waals surface area (Å²) in [5.41, 5.74) is 1.12. The quantitative estimate of drug-likeness (QED) is 0.759. The molecule has 0 saturated heterocycles. The number of methoxy groups -OCH3 is 1. The molecule has 0 saturated carbocycles. The Hall–Kier alpha value is -3.28. The van der Waals surface area contributed by atoms with E-state index in [1.54, 1.807) is 18.2 Å². The number of carboxylic acids is 2. The van der Waals surface area contributed by atoms with Crippen LogP contribution in [0.2, 0.25) is 0 Å². The zero-order valence-electron chi connectivity index (χ0n) is 12.9. The molecule has 0 aliphatic rings. The minimum absolute atomic E-state index is 0.0584. The molecule has 6 heteroatoms. The lowest BCUT2D eigenvalue weighted by molar-refractivity contribution is -0.139. The summed E-state index contributed by atoms with van der Waals surface area (Å²) in [5, 5.41) is 18.2. The standard InChI is InChI=1S/C18H16O6/c1-23-14-9-13(8-7-12-5-3-2-4-6-12)17(18(21)22)15(10-14)24-11-16(19)20/h2-10H,11H2,1H3,(H,19,20)(H,21,22)/b8-7+. The van der Waals surface area contributed by atoms with Gasteiger partial charge in [-0.3, -0.25) is 0 Å². The van der Waals surface area contributed by atoms with Crippen LogP contribution in [0.25, 0.3) is 12.2 Å². The van der Waals surface area contributed by atoms with Gasteiger partial charge in [-0.05, 0) is 17.2 Å². The average molecular weight is 328 g/mol. The van der Waals surface area contributed by atoms with Crippen molar-refractivity contribution in [2.75, 3.05) is 13.7 Å². The van der Waals surface area contributed by atoms with Crippen molar-refractivity contribution in [2.24, 2.45) is 0 Å². The summed E-state index contributed by atoms with van der Waals surface area (Å²) < 4.78 is 10.2. The average Bonchev–Trinajstić information content (AvgIpc) is 2.58. The Morgan fingerprint density at radius 1 is 1.08 bits per heavy atom. The van der Waals surface area contributed by atoms with Crippen LogP contribution in [-0.2, 0) is 4.79 Å². The number of hydrogen-bond acceptors (Lipinski definition) is 4. The van der Waals surface area contributed by atoms with Gasteiger partial charge in [0.15, 0.2) is 6.61 Å². The lowest BCUT2D eigenvalue weighted by Gasteiger charge is -2.12. The molecular weight excluding hydrogens is 312 g/mol. The first-order valence-electron chi connectivity index (χ1n) is 7.04. The van der Waals surface area contributed by atoms with Gasteiger partial charge in [0, 0.05) is 6.07 Å². The van der Waals surface area contributed by atoms with Crippen LogP contribution in [0.3, 0.4) is 0 Å². The Morgan fingerprint density at radius 2 is 1.79 bits per heavy atom. The normalized spacial score (nSPS) is 10.5. The molecule has 0 aliphatic carbocycles. The van der Waals surface area contributed by atoms with Gasteiger partial charge in [0.25, 0.3) is 0 Å². The highest BCUT2D eigenvalue weighted by molar-refractivity contribution is 5.97. The third-order valence-corrected chi connectivity index (χ3v) is 3.16. The topological polar surface area (TPSA) is 93.1 Å². The second-order valence-electron chi connectivity index (χ2n) is 4.82. The lowest BCUT2D eigenvalue weighted by Crippen LogP contribution is -2.13. The molecular formula is C18H16O6. The number of carbonyl (C=O) groups is 2. The molecule has 0 aromatic heterocycles. The molecule has 0 fully saturated rings. The number of ether oxygens (including phenoxy) is 2. The monoisotopic (exact) mass is 328 g/mol. The van der Waals surface area contributed by atoms with Gasteiger partial charge in [0.2, 0.25) is 0 Å². The molecule has 2 rings (SSSR count). The molecule has 0 heterocycles. The number of aromatic carboxylic acids is 1. The Labute approximate surface area is 138 Å². The van der Waals surface area contributed by atoms with Gasteiger partial charge in [-0.2, -0.15) is 0 Å². The number of aliphatic carboxylic acids is 1. The van der Waals surface area contributed by atoms with Gasteiger partial charge >= 0.3 is 11.9 Å². The highest BCUT2D eigenvalue weighted by Gasteiger charge is 2.18. The third-order valence-electron chi connectivity index (χ3n) is 3.16. The van der Waals surface area contributed by atoms with Crippen molar-refractivity contribution in [3.05, 3.63) is 59.2 Å². The van der Waals surface area contributed by atoms with Crippen LogP contribution in [0.1, 0.15) is 21.5 Å². The Bertz CT molecular complexity index is 765. The summed E-state index contributed by atoms with van der Waals surface area (Å²) in [4.78, 5) is 22.3. The smallest absolute Gasteiger partial charge is 0.341 e. The summed E-state index contributed by atoms with van der Waals surface area (Å²) in [6, 6.07) is 12.3. The molecule has 24 heavy (non-hydrogen) atoms. The minimum Gasteiger partial charge on any atom is -0.497 e. The first kappa shape index (κ1) is 17.1. The molecule has 2 aromatic carbocycles. The lowest BCUT2D eigenvalue weighted by atomic mass is 10.0. The predicted octanol–water partition coefficient (Wildman–Crippen LogP) is 3.03. The fourth-order valence-electron chi connectivity index (χ4n) is 2.09. The van der Waals surface area contributed by atoms with E-state index >= 15 is 0 Å². The first-order chi connectivity index (χ1) is 11.5. The van der Waals surface area contributed by atoms with Crippen molar-refractivity contribution in [2.45, 2.75) is 0 Å². The number of carboxylic acid groups (broad SMARTS) is 2. The largest absolute Gasteiger partial charge is 0.497 e. The van der Waals surface area contributed by atoms with Crippen molar-refractivity contribution in [1.29, 1.82) is 0 Å². The number of benzene rings is 2. The highest BCUT2D eigenvalue weighted by atomic mass is 16.5. The highest BCUT2D eigenvalue weighted by Crippen LogP contribution is 2.30. The van der Waals surface area contributed by atoms with Crippen molar-refractivity contribution < 1.29 is 29.3 Å². The van der Waals surface area contributed by atoms with E-state index < -0.39 is 18.5 Å². The fourth-order valence-corrected chi connectivity index (χ4v) is 2.09. The van der Waals surface area contributed by atoms with Gasteiger partial charge in [-0.1, -0.05) is 42.5 Å². The van der Waals surface area contributed by atoms with Crippen molar-refractivity contribution in [3.8, 4) is 11.5 Å². The molecule has 0 atom stereocenters. The van der Waals surface area contributed by atoms with E-state index in [4.69, 9.17) is 14.6 Å². The van der Waals surface area contributed by atoms with Crippen LogP contribution in [0, 0.1) is 0 Å². The van der Waals surface area contributed by atoms with Crippen LogP contribution in [0.4, 0.5) is 0 Å². The van der Waals surface area contributed by atoms with E-state index in [2.05, 4.69) is 0 Å². The maximum atomic E-state index is 11.6. The first-order valence-corrected chi connectivity index (χ1v) is 7.04. The van der Waals surface area contributed by atoms with Gasteiger partial charge in [0.05, 0.1) is 7.11 Å². The third kappa shape index (κ3) is 4.36. The molecule has 2 aromatic rings. The summed E-state index contributed by atoms with van der Waals surface area (Å²) in [6.45, 7) is -0.644. The molecule has 0 radical (unpaired) electrons. The van der Waals surface area contributed by atoms with E-state index in [-0.39, 0.29) is 11.3 Å². The van der Waals surface area contributed by atoms with Crippen LogP contribution in [0.5, 0.6) is 11.5 Å². The van der Waals surface area contributed by atoms with Gasteiger partial charge in [-0.25, -0.2) is 9.59 Å². The van der Waals surface area contributed by atoms with E-state index in [1.165, 1.54) is 13.2 Å². The maximum Gasteiger partial charge on any atom is 0.341 e. The Balaban J connectivity index is 2.47. The number of rotatable bonds is 7. The van der Waals surface area contributed by atoms with E-state index in [1.807, 2.05) is 30.3 Å². The zero-order chi connectivity index (χ0) is 17.5. The van der Waals surface area contributed by atoms with Crippen molar-refractivity contribution in [1.82, 2.24) is 0 Å². The van der Waals surface area contributed by atoms with Crippen LogP contribution >= 0.6 is 0 Å². The van der Waals surface area contributed by atoms with Crippen LogP contribution in [0.15, 0.2) is 42.5 Å². The maximum absolute atomic E-state index is 11.6. The van der Waals surface area contributed by atoms with Gasteiger partial charge < -0.3 is 19.7 Å². The van der Waals surface area contributed by atoms with Crippen LogP contribution < -0.4 is 9.47 Å². The molecule has 124 valence electrons. The van der Waals surface area contributed by atoms with E-state index in [0.29, 0.717) is 11.3 Å². The minimum atomic E-state index is -1.22. The molecule has 0 spiro atoms. The SMILES string of the molecule is COc1cc(/C=C/c2ccccc2)c(C(=O)O)c(OCC(=O)O)c1.